The van der Waals surface area contributed by atoms with Gasteiger partial charge >= 0.3 is 6.03 Å². The highest BCUT2D eigenvalue weighted by molar-refractivity contribution is 6.19. The molecule has 33 heavy (non-hydrogen) atoms. The summed E-state index contributed by atoms with van der Waals surface area (Å²) in [4.78, 5) is 39.1. The summed E-state index contributed by atoms with van der Waals surface area (Å²) >= 11 is 0. The van der Waals surface area contributed by atoms with Gasteiger partial charge in [-0.05, 0) is 49.9 Å². The van der Waals surface area contributed by atoms with Crippen LogP contribution in [0.2, 0.25) is 0 Å². The monoisotopic (exact) mass is 449 g/mol. The van der Waals surface area contributed by atoms with Crippen molar-refractivity contribution in [3.63, 3.8) is 0 Å². The Kier molecular flexibility index (Phi) is 5.83. The Morgan fingerprint density at radius 2 is 1.94 bits per heavy atom. The Labute approximate surface area is 192 Å². The van der Waals surface area contributed by atoms with Crippen molar-refractivity contribution in [3.05, 3.63) is 60.2 Å². The normalized spacial score (nSPS) is 25.0. The maximum absolute atomic E-state index is 14.4. The predicted molar refractivity (Wildman–Crippen MR) is 124 cm³/mol. The molecule has 1 unspecified atom stereocenters. The zero-order valence-electron chi connectivity index (χ0n) is 18.5. The van der Waals surface area contributed by atoms with Crippen molar-refractivity contribution in [2.45, 2.75) is 56.5 Å². The topological polar surface area (TPSA) is 77.9 Å². The second kappa shape index (κ2) is 8.92. The molecule has 5 rings (SSSR count). The molecule has 1 saturated carbocycles. The van der Waals surface area contributed by atoms with Gasteiger partial charge in [-0.2, -0.15) is 0 Å². The molecule has 0 radical (unpaired) electrons. The highest BCUT2D eigenvalue weighted by atomic mass is 19.1. The number of carbonyl (C=O) groups excluding carboxylic acids is 2. The van der Waals surface area contributed by atoms with Crippen molar-refractivity contribution < 1.29 is 14.0 Å². The first-order valence-corrected chi connectivity index (χ1v) is 11.7. The number of piperidine rings is 1. The number of carbonyl (C=O) groups is 2. The molecule has 3 fully saturated rings. The van der Waals surface area contributed by atoms with Gasteiger partial charge in [-0.3, -0.25) is 25.0 Å². The number of benzene rings is 1. The summed E-state index contributed by atoms with van der Waals surface area (Å²) in [6.45, 7) is 0.750. The van der Waals surface area contributed by atoms with Crippen LogP contribution in [0.5, 0.6) is 0 Å². The molecule has 2 saturated heterocycles. The Balaban J connectivity index is 1.54. The van der Waals surface area contributed by atoms with E-state index in [-0.39, 0.29) is 30.1 Å². The SMILES string of the molecule is O=C(c1ccccc1F)N1CCCC2(C1)C(=NC1CCCCC1)NC(=O)N2c1cccnc1. The number of anilines is 1. The first-order valence-electron chi connectivity index (χ1n) is 11.7. The van der Waals surface area contributed by atoms with Gasteiger partial charge in [0.1, 0.15) is 17.2 Å². The van der Waals surface area contributed by atoms with Crippen molar-refractivity contribution >= 4 is 23.5 Å². The fraction of sp³-hybridized carbons (Fsp3) is 0.440. The molecule has 0 bridgehead atoms. The van der Waals surface area contributed by atoms with Crippen LogP contribution < -0.4 is 10.2 Å². The molecule has 2 aliphatic heterocycles. The number of pyridine rings is 1. The van der Waals surface area contributed by atoms with E-state index in [0.29, 0.717) is 30.9 Å². The van der Waals surface area contributed by atoms with E-state index in [1.54, 1.807) is 40.4 Å². The van der Waals surface area contributed by atoms with Gasteiger partial charge in [0.05, 0.1) is 30.0 Å². The van der Waals surface area contributed by atoms with Crippen LogP contribution in [0, 0.1) is 5.82 Å². The number of amidine groups is 1. The zero-order valence-corrected chi connectivity index (χ0v) is 18.5. The number of aliphatic imine (C=N–C) groups is 1. The molecule has 7 nitrogen and oxygen atoms in total. The first kappa shape index (κ1) is 21.6. The molecule has 2 aromatic rings. The summed E-state index contributed by atoms with van der Waals surface area (Å²) < 4.78 is 14.4. The molecule has 1 atom stereocenters. The Bertz CT molecular complexity index is 1070. The minimum Gasteiger partial charge on any atom is -0.336 e. The first-order chi connectivity index (χ1) is 16.1. The maximum atomic E-state index is 14.4. The summed E-state index contributed by atoms with van der Waals surface area (Å²) in [5.41, 5.74) is -0.119. The number of hydrogen-bond donors (Lipinski definition) is 1. The van der Waals surface area contributed by atoms with Crippen molar-refractivity contribution in [2.24, 2.45) is 4.99 Å². The highest BCUT2D eigenvalue weighted by Gasteiger charge is 2.54. The van der Waals surface area contributed by atoms with E-state index in [2.05, 4.69) is 10.3 Å². The third-order valence-electron chi connectivity index (χ3n) is 6.95. The number of aromatic nitrogens is 1. The van der Waals surface area contributed by atoms with E-state index in [4.69, 9.17) is 4.99 Å². The lowest BCUT2D eigenvalue weighted by atomic mass is 9.85. The number of nitrogens with zero attached hydrogens (tertiary/aromatic N) is 4. The molecule has 3 heterocycles. The van der Waals surface area contributed by atoms with Gasteiger partial charge in [0.15, 0.2) is 0 Å². The number of rotatable bonds is 3. The summed E-state index contributed by atoms with van der Waals surface area (Å²) in [6.07, 6.45) is 10.1. The van der Waals surface area contributed by atoms with Crippen LogP contribution >= 0.6 is 0 Å². The third-order valence-corrected chi connectivity index (χ3v) is 6.95. The largest absolute Gasteiger partial charge is 0.336 e. The van der Waals surface area contributed by atoms with E-state index in [1.807, 2.05) is 6.07 Å². The molecular formula is C25H28FN5O2. The lowest BCUT2D eigenvalue weighted by Crippen LogP contribution is -2.61. The molecular weight excluding hydrogens is 421 g/mol. The van der Waals surface area contributed by atoms with Gasteiger partial charge in [-0.25, -0.2) is 9.18 Å². The van der Waals surface area contributed by atoms with Crippen LogP contribution in [0.1, 0.15) is 55.3 Å². The Hall–Kier alpha value is -3.29. The van der Waals surface area contributed by atoms with E-state index >= 15 is 0 Å². The minimum absolute atomic E-state index is 0.0468. The van der Waals surface area contributed by atoms with E-state index in [0.717, 1.165) is 25.7 Å². The summed E-state index contributed by atoms with van der Waals surface area (Å²) in [5.74, 6) is -0.285. The zero-order chi connectivity index (χ0) is 22.8. The van der Waals surface area contributed by atoms with Gasteiger partial charge in [0.2, 0.25) is 0 Å². The van der Waals surface area contributed by atoms with Crippen LogP contribution in [0.3, 0.4) is 0 Å². The van der Waals surface area contributed by atoms with Gasteiger partial charge in [0, 0.05) is 12.7 Å². The maximum Gasteiger partial charge on any atom is 0.328 e. The third kappa shape index (κ3) is 3.98. The lowest BCUT2D eigenvalue weighted by Gasteiger charge is -2.44. The fourth-order valence-corrected chi connectivity index (χ4v) is 5.36. The molecule has 1 aliphatic carbocycles. The van der Waals surface area contributed by atoms with Crippen molar-refractivity contribution in [3.8, 4) is 0 Å². The van der Waals surface area contributed by atoms with Crippen LogP contribution in [0.4, 0.5) is 14.9 Å². The van der Waals surface area contributed by atoms with Crippen molar-refractivity contribution in [1.82, 2.24) is 15.2 Å². The Morgan fingerprint density at radius 3 is 2.70 bits per heavy atom. The van der Waals surface area contributed by atoms with Crippen LogP contribution in [-0.2, 0) is 0 Å². The number of likely N-dealkylation sites (tertiary alicyclic amines) is 1. The van der Waals surface area contributed by atoms with E-state index in [9.17, 15) is 14.0 Å². The van der Waals surface area contributed by atoms with Crippen molar-refractivity contribution in [1.29, 1.82) is 0 Å². The summed E-state index contributed by atoms with van der Waals surface area (Å²) in [6, 6.07) is 9.57. The molecule has 8 heteroatoms. The molecule has 172 valence electrons. The predicted octanol–water partition coefficient (Wildman–Crippen LogP) is 4.16. The van der Waals surface area contributed by atoms with Gasteiger partial charge in [0.25, 0.3) is 5.91 Å². The fourth-order valence-electron chi connectivity index (χ4n) is 5.36. The number of hydrogen-bond acceptors (Lipinski definition) is 4. The number of halogens is 1. The van der Waals surface area contributed by atoms with Crippen molar-refractivity contribution in [2.75, 3.05) is 18.0 Å². The quantitative estimate of drug-likeness (QED) is 0.765. The Morgan fingerprint density at radius 1 is 1.12 bits per heavy atom. The van der Waals surface area contributed by atoms with Gasteiger partial charge in [-0.15, -0.1) is 0 Å². The number of amides is 3. The molecule has 1 spiro atoms. The average molecular weight is 450 g/mol. The molecule has 1 aromatic heterocycles. The molecule has 1 N–H and O–H groups in total. The van der Waals surface area contributed by atoms with E-state index in [1.165, 1.54) is 18.6 Å². The molecule has 3 amide bonds. The smallest absolute Gasteiger partial charge is 0.328 e. The van der Waals surface area contributed by atoms with Crippen LogP contribution in [0.15, 0.2) is 53.8 Å². The summed E-state index contributed by atoms with van der Waals surface area (Å²) in [5, 5.41) is 3.02. The number of nitrogens with one attached hydrogen (secondary N) is 1. The van der Waals surface area contributed by atoms with Gasteiger partial charge in [-0.1, -0.05) is 31.4 Å². The standard InChI is InChI=1S/C25H28FN5O2/c26-21-12-5-4-11-20(21)22(32)30-15-7-13-25(17-30)23(28-18-8-2-1-3-9-18)29-24(33)31(25)19-10-6-14-27-16-19/h4-6,10-12,14,16,18H,1-3,7-9,13,15,17H2,(H,28,29,33). The molecule has 3 aliphatic rings. The minimum atomic E-state index is -0.823. The number of urea groups is 1. The second-order valence-corrected chi connectivity index (χ2v) is 9.09. The van der Waals surface area contributed by atoms with Crippen LogP contribution in [-0.4, -0.2) is 52.3 Å². The average Bonchev–Trinajstić information content (AvgIpc) is 3.10. The van der Waals surface area contributed by atoms with E-state index < -0.39 is 11.4 Å². The second-order valence-electron chi connectivity index (χ2n) is 9.09. The highest BCUT2D eigenvalue weighted by Crippen LogP contribution is 2.38. The van der Waals surface area contributed by atoms with Crippen LogP contribution in [0.25, 0.3) is 0 Å². The lowest BCUT2D eigenvalue weighted by molar-refractivity contribution is 0.0681. The molecule has 1 aromatic carbocycles. The van der Waals surface area contributed by atoms with Gasteiger partial charge < -0.3 is 4.90 Å². The summed E-state index contributed by atoms with van der Waals surface area (Å²) in [7, 11) is 0.